The summed E-state index contributed by atoms with van der Waals surface area (Å²) in [6, 6.07) is 7.98. The summed E-state index contributed by atoms with van der Waals surface area (Å²) in [4.78, 5) is 11.7. The second-order valence-electron chi connectivity index (χ2n) is 6.47. The van der Waals surface area contributed by atoms with E-state index in [1.54, 1.807) is 0 Å². The van der Waals surface area contributed by atoms with E-state index in [4.69, 9.17) is 5.73 Å². The molecule has 2 aromatic rings. The maximum Gasteiger partial charge on any atom is 0.261 e. The normalized spacial score (nSPS) is 14.7. The van der Waals surface area contributed by atoms with E-state index in [9.17, 15) is 22.0 Å². The van der Waals surface area contributed by atoms with Gasteiger partial charge in [0.25, 0.3) is 15.9 Å². The van der Waals surface area contributed by atoms with Crippen molar-refractivity contribution in [2.24, 2.45) is 11.7 Å². The number of sulfonamides is 1. The average molecular weight is 432 g/mol. The summed E-state index contributed by atoms with van der Waals surface area (Å²) < 4.78 is 52.9. The number of amides is 1. The van der Waals surface area contributed by atoms with Crippen LogP contribution in [0.4, 0.5) is 14.5 Å². The fourth-order valence-corrected chi connectivity index (χ4v) is 3.62. The van der Waals surface area contributed by atoms with Gasteiger partial charge in [0.15, 0.2) is 11.6 Å². The number of benzene rings is 2. The molecule has 4 N–H and O–H groups in total. The quantitative estimate of drug-likeness (QED) is 0.627. The van der Waals surface area contributed by atoms with Gasteiger partial charge < -0.3 is 11.1 Å². The number of carbonyl (C=O) groups excluding carboxylic acids is 1. The molecule has 0 aromatic heterocycles. The topological polar surface area (TPSA) is 101 Å². The zero-order valence-electron chi connectivity index (χ0n) is 14.7. The van der Waals surface area contributed by atoms with Gasteiger partial charge in [-0.15, -0.1) is 12.4 Å². The molecule has 0 bridgehead atoms. The second kappa shape index (κ2) is 8.85. The molecule has 0 radical (unpaired) electrons. The van der Waals surface area contributed by atoms with E-state index < -0.39 is 26.6 Å². The number of rotatable bonds is 7. The smallest absolute Gasteiger partial charge is 0.261 e. The lowest BCUT2D eigenvalue weighted by Crippen LogP contribution is -2.38. The van der Waals surface area contributed by atoms with Crippen LogP contribution >= 0.6 is 12.4 Å². The van der Waals surface area contributed by atoms with Crippen molar-refractivity contribution in [1.29, 1.82) is 0 Å². The minimum absolute atomic E-state index is 0. The molecule has 0 saturated heterocycles. The minimum Gasteiger partial charge on any atom is -0.350 e. The van der Waals surface area contributed by atoms with Gasteiger partial charge in [-0.3, -0.25) is 9.52 Å². The molecule has 6 nitrogen and oxygen atoms in total. The molecule has 1 fully saturated rings. The van der Waals surface area contributed by atoms with Crippen molar-refractivity contribution in [3.8, 4) is 0 Å². The number of halogens is 3. The maximum absolute atomic E-state index is 13.3. The number of hydrogen-bond acceptors (Lipinski definition) is 4. The zero-order chi connectivity index (χ0) is 19.6. The second-order valence-corrected chi connectivity index (χ2v) is 8.15. The van der Waals surface area contributed by atoms with E-state index >= 15 is 0 Å². The molecular formula is C18H20ClF2N3O3S. The Labute approximate surface area is 168 Å². The summed E-state index contributed by atoms with van der Waals surface area (Å²) in [6.45, 7) is 0.383. The largest absolute Gasteiger partial charge is 0.350 e. The third-order valence-corrected chi connectivity index (χ3v) is 5.71. The molecule has 1 unspecified atom stereocenters. The lowest BCUT2D eigenvalue weighted by atomic mass is 10.1. The molecule has 0 aliphatic heterocycles. The van der Waals surface area contributed by atoms with Crippen molar-refractivity contribution in [2.45, 2.75) is 23.8 Å². The first-order chi connectivity index (χ1) is 12.8. The van der Waals surface area contributed by atoms with Crippen LogP contribution < -0.4 is 15.8 Å². The SMILES string of the molecule is Cl.NC(CNC(=O)c1ccc(NS(=O)(=O)c2ccc(F)c(F)c2)cc1)C1CC1. The molecule has 1 atom stereocenters. The van der Waals surface area contributed by atoms with Gasteiger partial charge in [-0.25, -0.2) is 17.2 Å². The Morgan fingerprint density at radius 3 is 2.32 bits per heavy atom. The Morgan fingerprint density at radius 1 is 1.11 bits per heavy atom. The maximum atomic E-state index is 13.3. The van der Waals surface area contributed by atoms with E-state index in [1.165, 1.54) is 24.3 Å². The highest BCUT2D eigenvalue weighted by Gasteiger charge is 2.28. The van der Waals surface area contributed by atoms with Gasteiger partial charge >= 0.3 is 0 Å². The van der Waals surface area contributed by atoms with Crippen LogP contribution in [0, 0.1) is 17.6 Å². The van der Waals surface area contributed by atoms with E-state index in [-0.39, 0.29) is 30.0 Å². The van der Waals surface area contributed by atoms with E-state index in [2.05, 4.69) is 10.0 Å². The van der Waals surface area contributed by atoms with E-state index in [1.807, 2.05) is 0 Å². The third kappa shape index (κ3) is 5.40. The van der Waals surface area contributed by atoms with Crippen LogP contribution in [0.1, 0.15) is 23.2 Å². The van der Waals surface area contributed by atoms with Crippen molar-refractivity contribution in [1.82, 2.24) is 5.32 Å². The number of anilines is 1. The van der Waals surface area contributed by atoms with Gasteiger partial charge in [-0.2, -0.15) is 0 Å². The highest BCUT2D eigenvalue weighted by molar-refractivity contribution is 7.92. The van der Waals surface area contributed by atoms with Crippen LogP contribution in [0.25, 0.3) is 0 Å². The highest BCUT2D eigenvalue weighted by atomic mass is 35.5. The first-order valence-electron chi connectivity index (χ1n) is 8.38. The molecule has 1 aliphatic carbocycles. The Kier molecular flexibility index (Phi) is 6.97. The molecule has 28 heavy (non-hydrogen) atoms. The van der Waals surface area contributed by atoms with Gasteiger partial charge in [0, 0.05) is 23.8 Å². The Morgan fingerprint density at radius 2 is 1.75 bits per heavy atom. The first-order valence-corrected chi connectivity index (χ1v) is 9.86. The highest BCUT2D eigenvalue weighted by Crippen LogP contribution is 2.31. The van der Waals surface area contributed by atoms with Crippen LogP contribution in [-0.4, -0.2) is 26.9 Å². The molecule has 1 saturated carbocycles. The minimum atomic E-state index is -4.08. The van der Waals surface area contributed by atoms with Crippen molar-refractivity contribution in [2.75, 3.05) is 11.3 Å². The van der Waals surface area contributed by atoms with Gasteiger partial charge in [-0.05, 0) is 61.2 Å². The fraction of sp³-hybridized carbons (Fsp3) is 0.278. The predicted molar refractivity (Wildman–Crippen MR) is 104 cm³/mol. The van der Waals surface area contributed by atoms with Crippen LogP contribution in [0.3, 0.4) is 0 Å². The molecule has 10 heteroatoms. The monoisotopic (exact) mass is 431 g/mol. The van der Waals surface area contributed by atoms with Crippen LogP contribution in [0.15, 0.2) is 47.4 Å². The number of nitrogens with one attached hydrogen (secondary N) is 2. The van der Waals surface area contributed by atoms with Crippen molar-refractivity contribution >= 4 is 34.0 Å². The standard InChI is InChI=1S/C18H19F2N3O3S.ClH/c19-15-8-7-14(9-16(15)20)27(25,26)23-13-5-3-12(4-6-13)18(24)22-10-17(21)11-1-2-11;/h3-9,11,17,23H,1-2,10,21H2,(H,22,24);1H. The van der Waals surface area contributed by atoms with Crippen molar-refractivity contribution in [3.63, 3.8) is 0 Å². The van der Waals surface area contributed by atoms with Crippen LogP contribution in [0.2, 0.25) is 0 Å². The van der Waals surface area contributed by atoms with Crippen molar-refractivity contribution < 1.29 is 22.0 Å². The summed E-state index contributed by atoms with van der Waals surface area (Å²) in [5.41, 5.74) is 6.47. The lowest BCUT2D eigenvalue weighted by Gasteiger charge is -2.12. The van der Waals surface area contributed by atoms with Crippen LogP contribution in [-0.2, 0) is 10.0 Å². The lowest BCUT2D eigenvalue weighted by molar-refractivity contribution is 0.0950. The molecule has 1 aliphatic rings. The van der Waals surface area contributed by atoms with E-state index in [0.717, 1.165) is 25.0 Å². The molecule has 0 heterocycles. The Hall–Kier alpha value is -2.23. The number of hydrogen-bond donors (Lipinski definition) is 3. The summed E-state index contributed by atoms with van der Waals surface area (Å²) >= 11 is 0. The Balaban J connectivity index is 0.00000280. The van der Waals surface area contributed by atoms with E-state index in [0.29, 0.717) is 24.1 Å². The number of carbonyl (C=O) groups is 1. The summed E-state index contributed by atoms with van der Waals surface area (Å²) in [5.74, 6) is -2.22. The summed E-state index contributed by atoms with van der Waals surface area (Å²) in [5, 5.41) is 2.75. The van der Waals surface area contributed by atoms with Gasteiger partial charge in [0.1, 0.15) is 0 Å². The summed E-state index contributed by atoms with van der Waals surface area (Å²) in [7, 11) is -4.08. The first kappa shape index (κ1) is 22.1. The molecule has 0 spiro atoms. The molecule has 152 valence electrons. The molecule has 1 amide bonds. The fourth-order valence-electron chi connectivity index (χ4n) is 2.55. The van der Waals surface area contributed by atoms with Gasteiger partial charge in [0.05, 0.1) is 4.90 Å². The molecular weight excluding hydrogens is 412 g/mol. The zero-order valence-corrected chi connectivity index (χ0v) is 16.3. The Bertz CT molecular complexity index is 951. The van der Waals surface area contributed by atoms with Crippen molar-refractivity contribution in [3.05, 3.63) is 59.7 Å². The number of nitrogens with two attached hydrogens (primary N) is 1. The molecule has 3 rings (SSSR count). The predicted octanol–water partition coefficient (Wildman–Crippen LogP) is 2.65. The van der Waals surface area contributed by atoms with Gasteiger partial charge in [-0.1, -0.05) is 0 Å². The van der Waals surface area contributed by atoms with Crippen LogP contribution in [0.5, 0.6) is 0 Å². The average Bonchev–Trinajstić information content (AvgIpc) is 3.47. The summed E-state index contributed by atoms with van der Waals surface area (Å²) in [6.07, 6.45) is 2.17. The third-order valence-electron chi connectivity index (χ3n) is 4.33. The molecule has 2 aromatic carbocycles. The van der Waals surface area contributed by atoms with Gasteiger partial charge in [0.2, 0.25) is 0 Å².